The summed E-state index contributed by atoms with van der Waals surface area (Å²) < 4.78 is 47.2. The summed E-state index contributed by atoms with van der Waals surface area (Å²) in [6.45, 7) is 0. The van der Waals surface area contributed by atoms with Gasteiger partial charge in [-0.3, -0.25) is 0 Å². The monoisotopic (exact) mass is 431 g/mol. The van der Waals surface area contributed by atoms with Gasteiger partial charge in [-0.15, -0.1) is 4.40 Å². The molecule has 1 aromatic rings. The van der Waals surface area contributed by atoms with Crippen LogP contribution in [0.15, 0.2) is 31.8 Å². The molecule has 0 aliphatic carbocycles. The van der Waals surface area contributed by atoms with Gasteiger partial charge in [0, 0.05) is 12.4 Å². The van der Waals surface area contributed by atoms with E-state index < -0.39 is 34.5 Å². The van der Waals surface area contributed by atoms with Gasteiger partial charge in [-0.05, 0) is 30.9 Å². The topological polar surface area (TPSA) is 80.7 Å². The van der Waals surface area contributed by atoms with Crippen LogP contribution in [0.25, 0.3) is 0 Å². The third-order valence-electron chi connectivity index (χ3n) is 2.09. The Hall–Kier alpha value is -1.07. The summed E-state index contributed by atoms with van der Waals surface area (Å²) in [7, 11) is -2.92. The number of halogens is 3. The number of sulfonamides is 1. The first-order chi connectivity index (χ1) is 9.44. The van der Waals surface area contributed by atoms with E-state index in [1.165, 1.54) is 19.5 Å². The molecule has 0 bridgehead atoms. The molecule has 1 aliphatic rings. The van der Waals surface area contributed by atoms with Crippen LogP contribution < -0.4 is 10.1 Å². The molecule has 2 rings (SSSR count). The predicted octanol–water partition coefficient (Wildman–Crippen LogP) is 1.98. The largest absolute Gasteiger partial charge is 0.480 e. The lowest BCUT2D eigenvalue weighted by Gasteiger charge is -2.09. The van der Waals surface area contributed by atoms with E-state index in [4.69, 9.17) is 16.3 Å². The molecule has 0 saturated heterocycles. The average Bonchev–Trinajstić information content (AvgIpc) is 2.41. The molecule has 108 valence electrons. The van der Waals surface area contributed by atoms with Crippen LogP contribution in [0.4, 0.5) is 4.39 Å². The Balaban J connectivity index is 2.51. The van der Waals surface area contributed by atoms with Crippen LogP contribution in [0.1, 0.15) is 0 Å². The summed E-state index contributed by atoms with van der Waals surface area (Å²) in [6.07, 6.45) is 2.70. The minimum Gasteiger partial charge on any atom is -0.480 e. The Labute approximate surface area is 129 Å². The number of aromatic nitrogens is 1. The molecular weight excluding hydrogens is 424 g/mol. The highest BCUT2D eigenvalue weighted by Gasteiger charge is 2.23. The maximum atomic E-state index is 13.5. The van der Waals surface area contributed by atoms with Crippen molar-refractivity contribution in [2.45, 2.75) is 4.90 Å². The summed E-state index contributed by atoms with van der Waals surface area (Å²) in [5.74, 6) is -0.470. The fourth-order valence-corrected chi connectivity index (χ4v) is 4.02. The van der Waals surface area contributed by atoms with E-state index in [9.17, 15) is 12.8 Å². The van der Waals surface area contributed by atoms with E-state index >= 15 is 0 Å². The molecule has 0 fully saturated rings. The molecule has 0 atom stereocenters. The van der Waals surface area contributed by atoms with Crippen molar-refractivity contribution in [3.63, 3.8) is 0 Å². The molecular formula is C10H8ClFIN3O3S. The van der Waals surface area contributed by atoms with Crippen LogP contribution in [0.5, 0.6) is 5.88 Å². The van der Waals surface area contributed by atoms with E-state index in [1.807, 2.05) is 0 Å². The fourth-order valence-electron chi connectivity index (χ4n) is 1.28. The van der Waals surface area contributed by atoms with Crippen molar-refractivity contribution >= 4 is 52.0 Å². The molecule has 0 radical (unpaired) electrons. The van der Waals surface area contributed by atoms with Crippen LogP contribution in [0.3, 0.4) is 0 Å². The van der Waals surface area contributed by atoms with Gasteiger partial charge < -0.3 is 10.1 Å². The Morgan fingerprint density at radius 2 is 2.30 bits per heavy atom. The van der Waals surface area contributed by atoms with E-state index in [2.05, 4.69) is 14.7 Å². The lowest BCUT2D eigenvalue weighted by molar-refractivity contribution is 0.385. The molecule has 0 amide bonds. The maximum Gasteiger partial charge on any atom is 0.289 e. The molecule has 1 aromatic heterocycles. The fraction of sp³-hybridized carbons (Fsp3) is 0.100. The molecule has 0 aromatic carbocycles. The van der Waals surface area contributed by atoms with Crippen molar-refractivity contribution in [1.82, 2.24) is 10.3 Å². The highest BCUT2D eigenvalue weighted by molar-refractivity contribution is 14.2. The zero-order chi connectivity index (χ0) is 14.8. The van der Waals surface area contributed by atoms with Gasteiger partial charge in [0.15, 0.2) is 14.5 Å². The zero-order valence-electron chi connectivity index (χ0n) is 9.97. The standard InChI is InChI=1S/C10H8ClFIN3O3S/c1-19-10-7(4-6(11)5-15-10)20(17,18)16-9-8(12)13-2-3-14-9/h2-5H,1H3,(H,14,16). The van der Waals surface area contributed by atoms with E-state index in [1.54, 1.807) is 4.08 Å². The number of pyridine rings is 1. The number of ether oxygens (including phenoxy) is 1. The van der Waals surface area contributed by atoms with E-state index in [0.717, 1.165) is 6.07 Å². The second-order valence-corrected chi connectivity index (χ2v) is 7.68. The highest BCUT2D eigenvalue weighted by atomic mass is 127. The lowest BCUT2D eigenvalue weighted by atomic mass is 10.5. The Morgan fingerprint density at radius 1 is 1.55 bits per heavy atom. The molecule has 0 spiro atoms. The Morgan fingerprint density at radius 3 is 2.95 bits per heavy atom. The van der Waals surface area contributed by atoms with Crippen LogP contribution in [-0.4, -0.2) is 30.1 Å². The van der Waals surface area contributed by atoms with Crippen molar-refractivity contribution in [1.29, 1.82) is 0 Å². The minimum absolute atomic E-state index is 0.109. The van der Waals surface area contributed by atoms with Gasteiger partial charge in [-0.1, -0.05) is 11.6 Å². The normalized spacial score (nSPS) is 17.1. The lowest BCUT2D eigenvalue weighted by Crippen LogP contribution is -2.26. The van der Waals surface area contributed by atoms with Crippen LogP contribution in [-0.2, 0) is 10.0 Å². The summed E-state index contributed by atoms with van der Waals surface area (Å²) in [6, 6.07) is 1.15. The Kier molecular flexibility index (Phi) is 4.70. The van der Waals surface area contributed by atoms with Crippen molar-refractivity contribution < 1.29 is 17.5 Å². The molecule has 1 aliphatic heterocycles. The number of nitrogens with one attached hydrogen (secondary N) is 1. The van der Waals surface area contributed by atoms with Gasteiger partial charge in [-0.25, -0.2) is 4.98 Å². The van der Waals surface area contributed by atoms with Crippen molar-refractivity contribution in [3.8, 4) is 5.88 Å². The molecule has 20 heavy (non-hydrogen) atoms. The number of methoxy groups -OCH3 is 1. The number of hydrogen-bond acceptors (Lipinski definition) is 4. The summed E-state index contributed by atoms with van der Waals surface area (Å²) in [4.78, 5) is 3.43. The van der Waals surface area contributed by atoms with Gasteiger partial charge in [0.2, 0.25) is 5.88 Å². The summed E-state index contributed by atoms with van der Waals surface area (Å²) >= 11 is 4.73. The van der Waals surface area contributed by atoms with Gasteiger partial charge >= 0.3 is 0 Å². The van der Waals surface area contributed by atoms with E-state index in [-0.39, 0.29) is 21.6 Å². The molecule has 0 unspecified atom stereocenters. The van der Waals surface area contributed by atoms with Gasteiger partial charge in [-0.2, -0.15) is 12.8 Å². The zero-order valence-corrected chi connectivity index (χ0v) is 13.7. The molecule has 6 nitrogen and oxygen atoms in total. The van der Waals surface area contributed by atoms with Crippen LogP contribution >= 0.6 is 32.3 Å². The number of nitrogens with zero attached hydrogens (tertiary/aromatic N) is 2. The quantitative estimate of drug-likeness (QED) is 0.740. The van der Waals surface area contributed by atoms with Gasteiger partial charge in [0.05, 0.1) is 12.1 Å². The Bertz CT molecular complexity index is 733. The second-order valence-electron chi connectivity index (χ2n) is 3.38. The third-order valence-corrected chi connectivity index (χ3v) is 5.34. The van der Waals surface area contributed by atoms with Crippen molar-refractivity contribution in [2.75, 3.05) is 7.11 Å². The number of hydrogen-bond donors (Lipinski definition) is 1. The first-order valence-electron chi connectivity index (χ1n) is 5.06. The molecule has 0 saturated carbocycles. The van der Waals surface area contributed by atoms with Crippen molar-refractivity contribution in [3.05, 3.63) is 27.6 Å². The second kappa shape index (κ2) is 6.14. The predicted molar refractivity (Wildman–Crippen MR) is 82.8 cm³/mol. The number of rotatable bonds is 3. The number of amidine groups is 1. The van der Waals surface area contributed by atoms with Gasteiger partial charge in [0.25, 0.3) is 10.0 Å². The van der Waals surface area contributed by atoms with Crippen LogP contribution in [0, 0.1) is 0 Å². The van der Waals surface area contributed by atoms with Crippen molar-refractivity contribution in [2.24, 2.45) is 4.40 Å². The van der Waals surface area contributed by atoms with E-state index in [0.29, 0.717) is 0 Å². The molecule has 1 N–H and O–H groups in total. The molecule has 10 heteroatoms. The summed E-state index contributed by atoms with van der Waals surface area (Å²) in [5, 5.41) is 2.57. The smallest absolute Gasteiger partial charge is 0.289 e. The highest BCUT2D eigenvalue weighted by Crippen LogP contribution is 2.26. The third kappa shape index (κ3) is 3.33. The maximum absolute atomic E-state index is 13.5. The summed E-state index contributed by atoms with van der Waals surface area (Å²) in [5.41, 5.74) is 0. The SMILES string of the molecule is COc1ncc(Cl)cc1S(=O)(=O)/N=C1\NC=CI=C1F. The minimum atomic E-state index is -4.18. The first-order valence-corrected chi connectivity index (χ1v) is 9.20. The van der Waals surface area contributed by atoms with Crippen LogP contribution in [0.2, 0.25) is 5.02 Å². The molecule has 2 heterocycles. The van der Waals surface area contributed by atoms with Gasteiger partial charge in [0.1, 0.15) is 0 Å². The first kappa shape index (κ1) is 15.3. The average molecular weight is 432 g/mol.